The van der Waals surface area contributed by atoms with Gasteiger partial charge in [0.2, 0.25) is 0 Å². The van der Waals surface area contributed by atoms with E-state index < -0.39 is 17.8 Å². The molecule has 0 aliphatic carbocycles. The van der Waals surface area contributed by atoms with Crippen LogP contribution in [-0.2, 0) is 12.7 Å². The molecule has 0 radical (unpaired) electrons. The number of hydrogen-bond donors (Lipinski definition) is 1. The number of pyridine rings is 2. The Morgan fingerprint density at radius 1 is 1.06 bits per heavy atom. The zero-order valence-electron chi connectivity index (χ0n) is 16.9. The number of fused-ring (bicyclic) bond motifs is 1. The molecule has 3 heterocycles. The molecule has 0 unspecified atom stereocenters. The smallest absolute Gasteiger partial charge is 0.347 e. The number of alkyl halides is 3. The molecule has 0 aliphatic rings. The lowest BCUT2D eigenvalue weighted by Gasteiger charge is -2.10. The molecular formula is C23H19F3N4O. The van der Waals surface area contributed by atoms with Crippen LogP contribution in [-0.4, -0.2) is 20.5 Å². The van der Waals surface area contributed by atoms with Crippen molar-refractivity contribution in [2.45, 2.75) is 26.6 Å². The van der Waals surface area contributed by atoms with Gasteiger partial charge in [0, 0.05) is 18.4 Å². The van der Waals surface area contributed by atoms with Crippen molar-refractivity contribution in [3.63, 3.8) is 0 Å². The summed E-state index contributed by atoms with van der Waals surface area (Å²) >= 11 is 0. The summed E-state index contributed by atoms with van der Waals surface area (Å²) < 4.78 is 40.2. The first-order chi connectivity index (χ1) is 14.7. The minimum Gasteiger partial charge on any atom is -0.347 e. The molecule has 1 N–H and O–H groups in total. The number of carbonyl (C=O) groups excluding carboxylic acids is 1. The molecule has 0 aliphatic heterocycles. The van der Waals surface area contributed by atoms with Crippen molar-refractivity contribution in [2.75, 3.05) is 0 Å². The zero-order chi connectivity index (χ0) is 22.2. The molecule has 3 aromatic heterocycles. The standard InChI is InChI=1S/C23H19F3N4O/c1-14-10-16(6-7-19(14)17-8-9-27-15(2)11-17)13-28-22(31)20-12-18-4-3-5-21(23(24,25)26)30(18)29-20/h3-12H,13H2,1-2H3,(H,28,31). The van der Waals surface area contributed by atoms with Crippen LogP contribution in [0.5, 0.6) is 0 Å². The zero-order valence-corrected chi connectivity index (χ0v) is 16.9. The first-order valence-electron chi connectivity index (χ1n) is 9.59. The van der Waals surface area contributed by atoms with Crippen LogP contribution in [0.3, 0.4) is 0 Å². The highest BCUT2D eigenvalue weighted by molar-refractivity contribution is 5.93. The number of aromatic nitrogens is 3. The fourth-order valence-electron chi connectivity index (χ4n) is 3.49. The van der Waals surface area contributed by atoms with Crippen LogP contribution in [0.1, 0.15) is 33.0 Å². The Morgan fingerprint density at radius 2 is 1.87 bits per heavy atom. The summed E-state index contributed by atoms with van der Waals surface area (Å²) in [7, 11) is 0. The van der Waals surface area contributed by atoms with Crippen molar-refractivity contribution in [1.29, 1.82) is 0 Å². The van der Waals surface area contributed by atoms with Gasteiger partial charge in [0.25, 0.3) is 5.91 Å². The highest BCUT2D eigenvalue weighted by atomic mass is 19.4. The first-order valence-corrected chi connectivity index (χ1v) is 9.59. The quantitative estimate of drug-likeness (QED) is 0.504. The molecule has 158 valence electrons. The summed E-state index contributed by atoms with van der Waals surface area (Å²) in [6, 6.07) is 14.8. The Bertz CT molecular complexity index is 1280. The van der Waals surface area contributed by atoms with Crippen molar-refractivity contribution in [3.05, 3.63) is 89.0 Å². The number of benzene rings is 1. The summed E-state index contributed by atoms with van der Waals surface area (Å²) in [5.74, 6) is -0.539. The van der Waals surface area contributed by atoms with E-state index in [9.17, 15) is 18.0 Å². The van der Waals surface area contributed by atoms with E-state index in [1.54, 1.807) is 6.20 Å². The second-order valence-corrected chi connectivity index (χ2v) is 7.29. The van der Waals surface area contributed by atoms with Crippen molar-refractivity contribution >= 4 is 11.4 Å². The molecule has 31 heavy (non-hydrogen) atoms. The van der Waals surface area contributed by atoms with E-state index in [0.717, 1.165) is 38.5 Å². The van der Waals surface area contributed by atoms with E-state index in [1.807, 2.05) is 44.2 Å². The third-order valence-corrected chi connectivity index (χ3v) is 4.96. The van der Waals surface area contributed by atoms with Gasteiger partial charge in [-0.2, -0.15) is 18.3 Å². The Hall–Kier alpha value is -3.68. The van der Waals surface area contributed by atoms with Crippen LogP contribution in [0.15, 0.2) is 60.8 Å². The van der Waals surface area contributed by atoms with Crippen molar-refractivity contribution in [2.24, 2.45) is 0 Å². The fourth-order valence-corrected chi connectivity index (χ4v) is 3.49. The number of halogens is 3. The predicted molar refractivity (Wildman–Crippen MR) is 111 cm³/mol. The first kappa shape index (κ1) is 20.6. The number of aryl methyl sites for hydroxylation is 2. The topological polar surface area (TPSA) is 59.3 Å². The van der Waals surface area contributed by atoms with Gasteiger partial charge in [-0.15, -0.1) is 0 Å². The molecule has 0 bridgehead atoms. The predicted octanol–water partition coefficient (Wildman–Crippen LogP) is 4.96. The second kappa shape index (κ2) is 7.86. The van der Waals surface area contributed by atoms with E-state index in [2.05, 4.69) is 15.4 Å². The Kier molecular flexibility index (Phi) is 5.22. The van der Waals surface area contributed by atoms with Gasteiger partial charge in [-0.05, 0) is 66.4 Å². The summed E-state index contributed by atoms with van der Waals surface area (Å²) in [6.07, 6.45) is -2.80. The van der Waals surface area contributed by atoms with Gasteiger partial charge in [0.15, 0.2) is 5.69 Å². The molecule has 4 rings (SSSR count). The van der Waals surface area contributed by atoms with Gasteiger partial charge in [-0.1, -0.05) is 24.3 Å². The summed E-state index contributed by atoms with van der Waals surface area (Å²) in [5, 5.41) is 6.57. The number of nitrogens with zero attached hydrogens (tertiary/aromatic N) is 3. The van der Waals surface area contributed by atoms with Gasteiger partial charge >= 0.3 is 6.18 Å². The highest BCUT2D eigenvalue weighted by Gasteiger charge is 2.34. The summed E-state index contributed by atoms with van der Waals surface area (Å²) in [5.41, 5.74) is 4.17. The van der Waals surface area contributed by atoms with Crippen molar-refractivity contribution in [1.82, 2.24) is 19.9 Å². The second-order valence-electron chi connectivity index (χ2n) is 7.29. The van der Waals surface area contributed by atoms with Crippen LogP contribution >= 0.6 is 0 Å². The van der Waals surface area contributed by atoms with Crippen molar-refractivity contribution in [3.8, 4) is 11.1 Å². The number of rotatable bonds is 4. The maximum atomic E-state index is 13.1. The molecule has 4 aromatic rings. The third-order valence-electron chi connectivity index (χ3n) is 4.96. The lowest BCUT2D eigenvalue weighted by molar-refractivity contribution is -0.142. The number of hydrogen-bond acceptors (Lipinski definition) is 3. The van der Waals surface area contributed by atoms with Crippen LogP contribution in [0, 0.1) is 13.8 Å². The molecular weight excluding hydrogens is 405 g/mol. The van der Waals surface area contributed by atoms with Crippen LogP contribution in [0.25, 0.3) is 16.6 Å². The molecule has 1 aromatic carbocycles. The minimum atomic E-state index is -4.56. The molecule has 0 fully saturated rings. The summed E-state index contributed by atoms with van der Waals surface area (Å²) in [4.78, 5) is 16.7. The molecule has 5 nitrogen and oxygen atoms in total. The number of amides is 1. The minimum absolute atomic E-state index is 0.0719. The van der Waals surface area contributed by atoms with Gasteiger partial charge < -0.3 is 5.32 Å². The summed E-state index contributed by atoms with van der Waals surface area (Å²) in [6.45, 7) is 4.15. The van der Waals surface area contributed by atoms with Gasteiger partial charge in [0.05, 0.1) is 5.52 Å². The van der Waals surface area contributed by atoms with Gasteiger partial charge in [-0.25, -0.2) is 4.52 Å². The van der Waals surface area contributed by atoms with E-state index in [0.29, 0.717) is 0 Å². The normalized spacial score (nSPS) is 11.6. The maximum absolute atomic E-state index is 13.1. The number of carbonyl (C=O) groups is 1. The third kappa shape index (κ3) is 4.28. The maximum Gasteiger partial charge on any atom is 0.433 e. The molecule has 0 atom stereocenters. The van der Waals surface area contributed by atoms with E-state index in [1.165, 1.54) is 18.2 Å². The van der Waals surface area contributed by atoms with Crippen LogP contribution < -0.4 is 5.32 Å². The lowest BCUT2D eigenvalue weighted by Crippen LogP contribution is -2.23. The fraction of sp³-hybridized carbons (Fsp3) is 0.174. The van der Waals surface area contributed by atoms with Crippen LogP contribution in [0.2, 0.25) is 0 Å². The molecule has 8 heteroatoms. The van der Waals surface area contributed by atoms with E-state index in [4.69, 9.17) is 0 Å². The average molecular weight is 424 g/mol. The monoisotopic (exact) mass is 424 g/mol. The van der Waals surface area contributed by atoms with E-state index in [-0.39, 0.29) is 17.8 Å². The van der Waals surface area contributed by atoms with Gasteiger partial charge in [0.1, 0.15) is 5.69 Å². The largest absolute Gasteiger partial charge is 0.433 e. The molecule has 1 amide bonds. The Balaban J connectivity index is 1.51. The highest BCUT2D eigenvalue weighted by Crippen LogP contribution is 2.29. The lowest BCUT2D eigenvalue weighted by atomic mass is 9.98. The Labute approximate surface area is 176 Å². The molecule has 0 spiro atoms. The van der Waals surface area contributed by atoms with Gasteiger partial charge in [-0.3, -0.25) is 9.78 Å². The van der Waals surface area contributed by atoms with Crippen LogP contribution in [0.4, 0.5) is 13.2 Å². The Morgan fingerprint density at radius 3 is 2.58 bits per heavy atom. The molecule has 0 saturated carbocycles. The SMILES string of the molecule is Cc1cc(-c2ccc(CNC(=O)c3cc4cccc(C(F)(F)F)n4n3)cc2C)ccn1. The van der Waals surface area contributed by atoms with Crippen molar-refractivity contribution < 1.29 is 18.0 Å². The van der Waals surface area contributed by atoms with E-state index >= 15 is 0 Å². The molecule has 0 saturated heterocycles. The average Bonchev–Trinajstić information content (AvgIpc) is 3.15. The number of nitrogens with one attached hydrogen (secondary N) is 1.